The zero-order valence-electron chi connectivity index (χ0n) is 26.9. The Bertz CT molecular complexity index is 1360. The summed E-state index contributed by atoms with van der Waals surface area (Å²) in [6.45, 7) is 20.2. The molecule has 4 rings (SSSR count). The molecule has 0 aliphatic carbocycles. The van der Waals surface area contributed by atoms with E-state index in [1.165, 1.54) is 6.07 Å². The summed E-state index contributed by atoms with van der Waals surface area (Å²) in [5, 5.41) is 8.39. The third-order valence-corrected chi connectivity index (χ3v) is 5.74. The van der Waals surface area contributed by atoms with E-state index in [1.54, 1.807) is 31.2 Å². The quantitative estimate of drug-likeness (QED) is 0.190. The molecule has 0 radical (unpaired) electrons. The van der Waals surface area contributed by atoms with Gasteiger partial charge in [-0.3, -0.25) is 0 Å². The molecule has 244 valence electrons. The Morgan fingerprint density at radius 2 is 1.14 bits per heavy atom. The first-order chi connectivity index (χ1) is 20.2. The molecule has 0 saturated carbocycles. The summed E-state index contributed by atoms with van der Waals surface area (Å²) in [4.78, 5) is 11.2. The molecule has 0 atom stereocenters. The number of halogens is 2. The number of hydrogen-bond donors (Lipinski definition) is 0. The number of carbonyl (C=O) groups excluding carboxylic acids is 1. The molecule has 4 aromatic rings. The summed E-state index contributed by atoms with van der Waals surface area (Å²) in [5.74, 6) is 5.75. The summed E-state index contributed by atoms with van der Waals surface area (Å²) in [7, 11) is 0. The van der Waals surface area contributed by atoms with Gasteiger partial charge < -0.3 is 22.4 Å². The van der Waals surface area contributed by atoms with E-state index in [2.05, 4.69) is 13.8 Å². The van der Waals surface area contributed by atoms with Gasteiger partial charge in [0.25, 0.3) is 6.43 Å². The number of esters is 1. The van der Waals surface area contributed by atoms with Gasteiger partial charge in [0, 0.05) is 23.7 Å². The summed E-state index contributed by atoms with van der Waals surface area (Å²) in [5.41, 5.74) is 0. The lowest BCUT2D eigenvalue weighted by Crippen LogP contribution is -2.02. The van der Waals surface area contributed by atoms with Gasteiger partial charge >= 0.3 is 5.97 Å². The van der Waals surface area contributed by atoms with Crippen molar-refractivity contribution < 1.29 is 36.0 Å². The van der Waals surface area contributed by atoms with Gasteiger partial charge in [0.1, 0.15) is 34.9 Å². The highest BCUT2D eigenvalue weighted by Crippen LogP contribution is 2.25. The number of nitriles is 1. The minimum absolute atomic E-state index is 0. The van der Waals surface area contributed by atoms with Crippen LogP contribution in [0.4, 0.5) is 8.78 Å². The van der Waals surface area contributed by atoms with Crippen molar-refractivity contribution in [2.24, 2.45) is 0 Å². The topological polar surface area (TPSA) is 103 Å². The zero-order chi connectivity index (χ0) is 32.7. The lowest BCUT2D eigenvalue weighted by atomic mass is 10.2. The second kappa shape index (κ2) is 20.0. The Hall–Kier alpha value is -4.06. The van der Waals surface area contributed by atoms with Gasteiger partial charge in [-0.25, -0.2) is 13.6 Å². The van der Waals surface area contributed by atoms with Gasteiger partial charge in [-0.15, -0.1) is 0 Å². The molecule has 0 aromatic carbocycles. The average Bonchev–Trinajstić information content (AvgIpc) is 3.75. The summed E-state index contributed by atoms with van der Waals surface area (Å²) >= 11 is 0. The van der Waals surface area contributed by atoms with Crippen LogP contribution in [0.5, 0.6) is 0 Å². The van der Waals surface area contributed by atoms with Crippen LogP contribution >= 0.6 is 0 Å². The molecule has 0 amide bonds. The maximum atomic E-state index is 12.0. The highest BCUT2D eigenvalue weighted by molar-refractivity contribution is 5.86. The Morgan fingerprint density at radius 3 is 1.45 bits per heavy atom. The van der Waals surface area contributed by atoms with E-state index in [0.717, 1.165) is 23.0 Å². The fraction of sp³-hybridized carbons (Fsp3) is 0.486. The van der Waals surface area contributed by atoms with E-state index < -0.39 is 12.4 Å². The van der Waals surface area contributed by atoms with Crippen molar-refractivity contribution in [3.63, 3.8) is 0 Å². The number of hydrogen-bond acceptors (Lipinski definition) is 7. The number of carbonyl (C=O) groups is 1. The monoisotopic (exact) mass is 617 g/mol. The molecular weight excluding hydrogens is 568 g/mol. The number of alkyl halides is 2. The van der Waals surface area contributed by atoms with Gasteiger partial charge in [0.05, 0.1) is 6.61 Å². The number of aryl methyl sites for hydroxylation is 1. The van der Waals surface area contributed by atoms with Crippen LogP contribution < -0.4 is 0 Å². The van der Waals surface area contributed by atoms with Crippen molar-refractivity contribution in [1.29, 1.82) is 5.26 Å². The van der Waals surface area contributed by atoms with Crippen LogP contribution in [0.3, 0.4) is 0 Å². The average molecular weight is 618 g/mol. The third-order valence-electron chi connectivity index (χ3n) is 5.74. The molecule has 44 heavy (non-hydrogen) atoms. The van der Waals surface area contributed by atoms with E-state index in [0.29, 0.717) is 35.9 Å². The predicted octanol–water partition coefficient (Wildman–Crippen LogP) is 11.5. The standard InChI is InChI=1S/C10H14O3.C8H10F2O.C8H9NO.C8H12O.CH4/c1-4-12-10(11)9-6-5-8(13-9)7(2)3;1-5(2)6-3-4-7(11-6)8(9)10;1-6(2)8-4-3-7(5-9)10-8;1-6(2)8-5-4-7(3)9-8;/h5-7H,4H2,1-3H3;3-5,8H,1-2H3;3-4,6H,1-2H3;4-6H,1-3H3;1H4. The maximum Gasteiger partial charge on any atom is 0.374 e. The molecule has 0 spiro atoms. The van der Waals surface area contributed by atoms with Gasteiger partial charge in [0.15, 0.2) is 5.76 Å². The second-order valence-corrected chi connectivity index (χ2v) is 10.8. The van der Waals surface area contributed by atoms with Crippen LogP contribution in [0.1, 0.15) is 151 Å². The minimum atomic E-state index is -2.50. The minimum Gasteiger partial charge on any atom is -0.466 e. The van der Waals surface area contributed by atoms with Gasteiger partial charge in [-0.05, 0) is 62.4 Å². The molecule has 0 aliphatic heterocycles. The zero-order valence-corrected chi connectivity index (χ0v) is 26.9. The highest BCUT2D eigenvalue weighted by atomic mass is 19.3. The number of furan rings is 4. The first kappa shape index (κ1) is 39.9. The molecule has 0 aliphatic rings. The molecule has 4 aromatic heterocycles. The molecule has 0 fully saturated rings. The van der Waals surface area contributed by atoms with Crippen LogP contribution in [0.25, 0.3) is 0 Å². The van der Waals surface area contributed by atoms with Crippen LogP contribution in [0.2, 0.25) is 0 Å². The Morgan fingerprint density at radius 1 is 0.705 bits per heavy atom. The molecule has 9 heteroatoms. The third kappa shape index (κ3) is 13.9. The first-order valence-electron chi connectivity index (χ1n) is 14.4. The molecule has 4 heterocycles. The number of rotatable bonds is 7. The molecule has 0 bridgehead atoms. The lowest BCUT2D eigenvalue weighted by molar-refractivity contribution is 0.0487. The highest BCUT2D eigenvalue weighted by Gasteiger charge is 2.14. The van der Waals surface area contributed by atoms with Crippen LogP contribution in [0, 0.1) is 18.3 Å². The molecule has 7 nitrogen and oxygen atoms in total. The van der Waals surface area contributed by atoms with Crippen LogP contribution in [-0.2, 0) is 4.74 Å². The normalized spacial score (nSPS) is 10.4. The van der Waals surface area contributed by atoms with Crippen molar-refractivity contribution in [2.75, 3.05) is 6.61 Å². The summed E-state index contributed by atoms with van der Waals surface area (Å²) in [6, 6.07) is 15.8. The number of nitrogens with zero attached hydrogens (tertiary/aromatic N) is 1. The van der Waals surface area contributed by atoms with Crippen LogP contribution in [0.15, 0.2) is 66.2 Å². The largest absolute Gasteiger partial charge is 0.466 e. The van der Waals surface area contributed by atoms with Crippen LogP contribution in [-0.4, -0.2) is 12.6 Å². The number of ether oxygens (including phenoxy) is 1. The van der Waals surface area contributed by atoms with Gasteiger partial charge in [-0.2, -0.15) is 5.26 Å². The van der Waals surface area contributed by atoms with Crippen molar-refractivity contribution in [1.82, 2.24) is 0 Å². The van der Waals surface area contributed by atoms with E-state index >= 15 is 0 Å². The smallest absolute Gasteiger partial charge is 0.374 e. The fourth-order valence-electron chi connectivity index (χ4n) is 3.26. The first-order valence-corrected chi connectivity index (χ1v) is 14.4. The van der Waals surface area contributed by atoms with Crippen molar-refractivity contribution >= 4 is 5.97 Å². The Balaban J connectivity index is 0.000000561. The van der Waals surface area contributed by atoms with E-state index in [1.807, 2.05) is 72.7 Å². The van der Waals surface area contributed by atoms with E-state index in [4.69, 9.17) is 27.7 Å². The second-order valence-electron chi connectivity index (χ2n) is 10.8. The maximum absolute atomic E-state index is 12.0. The molecule has 0 unspecified atom stereocenters. The summed E-state index contributed by atoms with van der Waals surface area (Å²) < 4.78 is 49.3. The van der Waals surface area contributed by atoms with Crippen molar-refractivity contribution in [3.05, 3.63) is 94.6 Å². The van der Waals surface area contributed by atoms with E-state index in [9.17, 15) is 13.6 Å². The van der Waals surface area contributed by atoms with Crippen molar-refractivity contribution in [3.8, 4) is 6.07 Å². The van der Waals surface area contributed by atoms with Gasteiger partial charge in [-0.1, -0.05) is 62.8 Å². The van der Waals surface area contributed by atoms with E-state index in [-0.39, 0.29) is 24.9 Å². The summed E-state index contributed by atoms with van der Waals surface area (Å²) in [6.07, 6.45) is -2.50. The fourth-order valence-corrected chi connectivity index (χ4v) is 3.26. The lowest BCUT2D eigenvalue weighted by Gasteiger charge is -1.99. The Labute approximate surface area is 261 Å². The molecule has 0 N–H and O–H groups in total. The molecule has 0 saturated heterocycles. The van der Waals surface area contributed by atoms with Gasteiger partial charge in [0.2, 0.25) is 11.5 Å². The molecular formula is C35H49F2NO6. The Kier molecular flexibility index (Phi) is 18.2. The SMILES string of the molecule is C.CC(C)c1ccc(C#N)o1.CC(C)c1ccc(C(F)F)o1.CCOC(=O)c1ccc(C(C)C)o1.Cc1ccc(C(C)C)o1. The van der Waals surface area contributed by atoms with Crippen molar-refractivity contribution in [2.45, 2.75) is 107 Å². The predicted molar refractivity (Wildman–Crippen MR) is 168 cm³/mol.